The van der Waals surface area contributed by atoms with Crippen LogP contribution in [0.4, 0.5) is 4.39 Å². The molecular weight excluding hydrogens is 1060 g/mol. The minimum absolute atomic E-state index is 0.0115. The van der Waals surface area contributed by atoms with Gasteiger partial charge in [0.05, 0.1) is 74.5 Å². The molecule has 81 heavy (non-hydrogen) atoms. The number of carbonyl (C=O) groups is 9. The Kier molecular flexibility index (Phi) is 18.8. The molecule has 0 fully saturated rings. The van der Waals surface area contributed by atoms with Crippen LogP contribution in [0.3, 0.4) is 0 Å². The van der Waals surface area contributed by atoms with Gasteiger partial charge < -0.3 is 65.8 Å². The number of imide groups is 1. The Bertz CT molecular complexity index is 3240. The minimum Gasteiger partial charge on any atom is -0.458 e. The number of carbonyl (C=O) groups excluding carboxylic acids is 9. The van der Waals surface area contributed by atoms with Crippen LogP contribution in [0.25, 0.3) is 22.3 Å². The number of hydrogen-bond donors (Lipinski definition) is 8. The molecule has 8 rings (SSSR count). The van der Waals surface area contributed by atoms with Crippen molar-refractivity contribution in [3.05, 3.63) is 110 Å². The van der Waals surface area contributed by atoms with E-state index in [-0.39, 0.29) is 56.8 Å². The molecule has 5 atom stereocenters. The third-order valence-electron chi connectivity index (χ3n) is 14.5. The van der Waals surface area contributed by atoms with Crippen LogP contribution in [0, 0.1) is 12.7 Å². The lowest BCUT2D eigenvalue weighted by Gasteiger charge is -2.31. The van der Waals surface area contributed by atoms with Crippen molar-refractivity contribution in [1.29, 1.82) is 0 Å². The van der Waals surface area contributed by atoms with Gasteiger partial charge in [0, 0.05) is 61.4 Å². The number of aryl methyl sites for hydroxylation is 1. The average Bonchev–Trinajstić information content (AvgIpc) is 4.20. The predicted molar refractivity (Wildman–Crippen MR) is 283 cm³/mol. The van der Waals surface area contributed by atoms with Crippen LogP contribution in [0.5, 0.6) is 0 Å². The van der Waals surface area contributed by atoms with E-state index >= 15 is 4.39 Å². The largest absolute Gasteiger partial charge is 0.458 e. The molecule has 2 aromatic heterocycles. The summed E-state index contributed by atoms with van der Waals surface area (Å²) in [5.41, 5.74) is 1.68. The molecule has 1 aliphatic carbocycles. The van der Waals surface area contributed by atoms with Gasteiger partial charge in [-0.15, -0.1) is 0 Å². The zero-order chi connectivity index (χ0) is 58.1. The van der Waals surface area contributed by atoms with Crippen molar-refractivity contribution in [3.8, 4) is 11.4 Å². The summed E-state index contributed by atoms with van der Waals surface area (Å²) >= 11 is 0. The van der Waals surface area contributed by atoms with Gasteiger partial charge >= 0.3 is 5.97 Å². The smallest absolute Gasteiger partial charge is 0.343 e. The maximum atomic E-state index is 15.4. The first kappa shape index (κ1) is 58.8. The lowest BCUT2D eigenvalue weighted by molar-refractivity contribution is -0.172. The fraction of sp³-hybridized carbons (Fsp3) is 0.436. The number of fused-ring (bicyclic) bond motifs is 5. The summed E-state index contributed by atoms with van der Waals surface area (Å²) in [6, 6.07) is 8.31. The number of amides is 8. The minimum atomic E-state index is -2.07. The van der Waals surface area contributed by atoms with E-state index in [4.69, 9.17) is 23.9 Å². The molecule has 26 heteroatoms. The Morgan fingerprint density at radius 2 is 1.58 bits per heavy atom. The van der Waals surface area contributed by atoms with Crippen molar-refractivity contribution in [2.24, 2.45) is 0 Å². The highest BCUT2D eigenvalue weighted by Crippen LogP contribution is 2.46. The van der Waals surface area contributed by atoms with Gasteiger partial charge in [-0.1, -0.05) is 37.3 Å². The normalized spacial score (nSPS) is 17.8. The summed E-state index contributed by atoms with van der Waals surface area (Å²) in [5, 5.41) is 30.3. The maximum absolute atomic E-state index is 15.4. The Morgan fingerprint density at radius 3 is 2.30 bits per heavy atom. The molecule has 0 saturated heterocycles. The van der Waals surface area contributed by atoms with Crippen molar-refractivity contribution in [1.82, 2.24) is 51.7 Å². The second-order valence-electron chi connectivity index (χ2n) is 19.7. The number of benzene rings is 2. The number of hydrogen-bond acceptors (Lipinski definition) is 17. The second kappa shape index (κ2) is 25.9. The summed E-state index contributed by atoms with van der Waals surface area (Å²) in [6.45, 7) is 3.26. The lowest BCUT2D eigenvalue weighted by atomic mass is 9.81. The molecule has 25 nitrogen and oxygen atoms in total. The Labute approximate surface area is 463 Å². The fourth-order valence-corrected chi connectivity index (χ4v) is 10.1. The van der Waals surface area contributed by atoms with E-state index < -0.39 is 121 Å². The standard InChI is InChI=1S/C55H63FN10O15/c1-5-55(77)35-20-40-49-33(26-65(40)53(75)34(35)27-80-54(55)76)48-37(12-11-32-29(2)36(56)21-38(63-49)47(32)48)64-50(72)30(3)81-28-61-43(68)24-59-51(73)39(19-31-9-7-6-8-10-31)62-44(69)25-58-42(67)23-60-52(74)41(66-45(70)13-14-46(66)71)22-57-15-16-79-18-17-78-4/h6-10,13-14,20-21,30,37,39,41,57,77H,5,11-12,15-19,22-28H2,1-4H3,(H,58,67)(H,59,73)(H,60,74)(H,61,68)(H,62,69)(H,64,72)/t30-,37+,39+,41?,55+/m1/s1. The fourth-order valence-electron chi connectivity index (χ4n) is 10.1. The molecule has 5 heterocycles. The molecule has 1 unspecified atom stereocenters. The van der Waals surface area contributed by atoms with E-state index in [1.54, 1.807) is 50.2 Å². The number of rotatable bonds is 26. The van der Waals surface area contributed by atoms with Crippen LogP contribution < -0.4 is 42.8 Å². The highest BCUT2D eigenvalue weighted by Gasteiger charge is 2.46. The number of cyclic esters (lactones) is 1. The first-order chi connectivity index (χ1) is 38.8. The van der Waals surface area contributed by atoms with Crippen LogP contribution in [0.1, 0.15) is 71.7 Å². The van der Waals surface area contributed by atoms with Gasteiger partial charge in [0.15, 0.2) is 5.60 Å². The lowest BCUT2D eigenvalue weighted by Crippen LogP contribution is -2.56. The molecule has 0 spiro atoms. The number of halogens is 1. The summed E-state index contributed by atoms with van der Waals surface area (Å²) in [4.78, 5) is 137. The van der Waals surface area contributed by atoms with Crippen molar-refractivity contribution in [2.75, 3.05) is 66.4 Å². The Hall–Kier alpha value is -8.30. The highest BCUT2D eigenvalue weighted by molar-refractivity contribution is 6.15. The Balaban J connectivity index is 0.833. The van der Waals surface area contributed by atoms with E-state index in [0.717, 1.165) is 17.1 Å². The number of pyridine rings is 2. The summed E-state index contributed by atoms with van der Waals surface area (Å²) in [7, 11) is 1.53. The van der Waals surface area contributed by atoms with Crippen LogP contribution in [0.15, 0.2) is 59.4 Å². The van der Waals surface area contributed by atoms with E-state index in [1.165, 1.54) is 24.7 Å². The molecular formula is C55H63FN10O15. The number of nitrogens with zero attached hydrogens (tertiary/aromatic N) is 3. The van der Waals surface area contributed by atoms with Crippen LogP contribution in [-0.4, -0.2) is 157 Å². The van der Waals surface area contributed by atoms with E-state index in [0.29, 0.717) is 76.2 Å². The number of nitrogens with one attached hydrogen (secondary N) is 7. The maximum Gasteiger partial charge on any atom is 0.343 e. The number of methoxy groups -OCH3 is 1. The summed E-state index contributed by atoms with van der Waals surface area (Å²) in [6.07, 6.45) is 1.57. The monoisotopic (exact) mass is 1120 g/mol. The predicted octanol–water partition coefficient (Wildman–Crippen LogP) is -1.27. The van der Waals surface area contributed by atoms with Crippen LogP contribution >= 0.6 is 0 Å². The second-order valence-corrected chi connectivity index (χ2v) is 19.7. The number of ether oxygens (including phenoxy) is 4. The molecule has 2 aromatic carbocycles. The molecule has 3 aliphatic heterocycles. The number of aliphatic hydroxyl groups is 1. The van der Waals surface area contributed by atoms with Gasteiger partial charge in [0.1, 0.15) is 37.3 Å². The zero-order valence-corrected chi connectivity index (χ0v) is 45.0. The van der Waals surface area contributed by atoms with Gasteiger partial charge in [-0.3, -0.25) is 48.1 Å². The van der Waals surface area contributed by atoms with Gasteiger partial charge in [0.2, 0.25) is 35.4 Å². The van der Waals surface area contributed by atoms with E-state index in [1.807, 2.05) is 0 Å². The first-order valence-electron chi connectivity index (χ1n) is 26.3. The third kappa shape index (κ3) is 13.0. The number of esters is 1. The SMILES string of the molecule is CC[C@@]1(O)C(=O)OCc2c1cc1n(c2=O)Cc2c-1nc1cc(F)c(C)c3c1c2[C@@H](NC(=O)[C@@H](C)OCNC(=O)CNC(=O)[C@H](Cc1ccccc1)NC(=O)CNC(=O)CNC(=O)C(CNCCOCCOC)N1C(=O)C=CC1=O)CC3. The van der Waals surface area contributed by atoms with Gasteiger partial charge in [0.25, 0.3) is 17.4 Å². The third-order valence-corrected chi connectivity index (χ3v) is 14.5. The van der Waals surface area contributed by atoms with Gasteiger partial charge in [-0.2, -0.15) is 0 Å². The summed E-state index contributed by atoms with van der Waals surface area (Å²) in [5.74, 6) is -7.21. The molecule has 0 bridgehead atoms. The van der Waals surface area contributed by atoms with Crippen molar-refractivity contribution < 1.29 is 71.6 Å². The van der Waals surface area contributed by atoms with Gasteiger partial charge in [-0.25, -0.2) is 14.2 Å². The molecule has 430 valence electrons. The molecule has 0 saturated carbocycles. The van der Waals surface area contributed by atoms with Gasteiger partial charge in [-0.05, 0) is 61.4 Å². The van der Waals surface area contributed by atoms with Crippen LogP contribution in [0.2, 0.25) is 0 Å². The molecule has 0 radical (unpaired) electrons. The van der Waals surface area contributed by atoms with Crippen molar-refractivity contribution in [3.63, 3.8) is 0 Å². The zero-order valence-electron chi connectivity index (χ0n) is 45.0. The van der Waals surface area contributed by atoms with Crippen molar-refractivity contribution in [2.45, 2.75) is 89.4 Å². The highest BCUT2D eigenvalue weighted by atomic mass is 19.1. The average molecular weight is 1120 g/mol. The molecule has 8 N–H and O–H groups in total. The summed E-state index contributed by atoms with van der Waals surface area (Å²) < 4.78 is 38.1. The van der Waals surface area contributed by atoms with E-state index in [2.05, 4.69) is 37.2 Å². The van der Waals surface area contributed by atoms with E-state index in [9.17, 15) is 53.1 Å². The number of aromatic nitrogens is 2. The van der Waals surface area contributed by atoms with Crippen molar-refractivity contribution >= 4 is 64.1 Å². The Morgan fingerprint density at radius 1 is 0.877 bits per heavy atom. The first-order valence-corrected chi connectivity index (χ1v) is 26.3. The van der Waals surface area contributed by atoms with Crippen LogP contribution in [-0.2, 0) is 93.7 Å². The molecule has 8 amide bonds. The molecule has 4 aliphatic rings. The molecule has 4 aromatic rings. The topological polar surface area (TPSA) is 333 Å². The quantitative estimate of drug-likeness (QED) is 0.0139.